The number of benzene rings is 1. The van der Waals surface area contributed by atoms with Crippen molar-refractivity contribution in [2.75, 3.05) is 0 Å². The van der Waals surface area contributed by atoms with Crippen LogP contribution in [0.5, 0.6) is 0 Å². The Morgan fingerprint density at radius 2 is 2.14 bits per heavy atom. The Labute approximate surface area is 89.1 Å². The fourth-order valence-corrected chi connectivity index (χ4v) is 1.58. The number of primary amides is 1. The van der Waals surface area contributed by atoms with Crippen LogP contribution in [-0.4, -0.2) is 10.9 Å². The summed E-state index contributed by atoms with van der Waals surface area (Å²) in [5.41, 5.74) is 6.41. The van der Waals surface area contributed by atoms with Gasteiger partial charge < -0.3 is 5.73 Å². The quantitative estimate of drug-likeness (QED) is 0.843. The molecule has 0 atom stereocenters. The second kappa shape index (κ2) is 3.38. The van der Waals surface area contributed by atoms with Crippen molar-refractivity contribution in [3.63, 3.8) is 0 Å². The van der Waals surface area contributed by atoms with Crippen LogP contribution in [0.15, 0.2) is 34.9 Å². The molecule has 4 heteroatoms. The lowest BCUT2D eigenvalue weighted by Crippen LogP contribution is -2.10. The number of hydrogen-bond donors (Lipinski definition) is 1. The number of pyridine rings is 1. The number of rotatable bonds is 1. The normalized spacial score (nSPS) is 10.4. The zero-order valence-electron chi connectivity index (χ0n) is 7.20. The summed E-state index contributed by atoms with van der Waals surface area (Å²) >= 11 is 3.35. The molecule has 0 fully saturated rings. The van der Waals surface area contributed by atoms with Crippen LogP contribution >= 0.6 is 15.9 Å². The summed E-state index contributed by atoms with van der Waals surface area (Å²) in [6, 6.07) is 7.41. The highest BCUT2D eigenvalue weighted by Crippen LogP contribution is 2.18. The first kappa shape index (κ1) is 9.15. The zero-order valence-corrected chi connectivity index (χ0v) is 8.78. The standard InChI is InChI=1S/C10H7BrN2O/c11-8-2-1-6-3-7(10(12)14)5-13-9(6)4-8/h1-5H,(H2,12,14). The summed E-state index contributed by atoms with van der Waals surface area (Å²) in [7, 11) is 0. The van der Waals surface area contributed by atoms with Gasteiger partial charge >= 0.3 is 0 Å². The topological polar surface area (TPSA) is 56.0 Å². The number of aromatic nitrogens is 1. The minimum atomic E-state index is -0.456. The van der Waals surface area contributed by atoms with Gasteiger partial charge in [-0.05, 0) is 18.2 Å². The average Bonchev–Trinajstić information content (AvgIpc) is 2.16. The minimum absolute atomic E-state index is 0.430. The Morgan fingerprint density at radius 3 is 2.86 bits per heavy atom. The van der Waals surface area contributed by atoms with Gasteiger partial charge in [-0.25, -0.2) is 0 Å². The minimum Gasteiger partial charge on any atom is -0.366 e. The average molecular weight is 251 g/mol. The maximum Gasteiger partial charge on any atom is 0.250 e. The van der Waals surface area contributed by atoms with Gasteiger partial charge in [0.05, 0.1) is 11.1 Å². The van der Waals surface area contributed by atoms with Crippen LogP contribution in [0.2, 0.25) is 0 Å². The monoisotopic (exact) mass is 250 g/mol. The van der Waals surface area contributed by atoms with E-state index < -0.39 is 5.91 Å². The Bertz CT molecular complexity index is 510. The third kappa shape index (κ3) is 1.61. The molecule has 0 radical (unpaired) electrons. The van der Waals surface area contributed by atoms with Crippen LogP contribution in [0.4, 0.5) is 0 Å². The van der Waals surface area contributed by atoms with Gasteiger partial charge in [0.15, 0.2) is 0 Å². The lowest BCUT2D eigenvalue weighted by atomic mass is 10.1. The predicted octanol–water partition coefficient (Wildman–Crippen LogP) is 2.10. The van der Waals surface area contributed by atoms with E-state index in [2.05, 4.69) is 20.9 Å². The molecular formula is C10H7BrN2O. The molecule has 2 rings (SSSR count). The van der Waals surface area contributed by atoms with E-state index in [0.717, 1.165) is 15.4 Å². The molecule has 1 aromatic heterocycles. The van der Waals surface area contributed by atoms with Crippen molar-refractivity contribution < 1.29 is 4.79 Å². The van der Waals surface area contributed by atoms with E-state index in [1.54, 1.807) is 6.07 Å². The molecule has 0 unspecified atom stereocenters. The summed E-state index contributed by atoms with van der Waals surface area (Å²) in [4.78, 5) is 15.0. The molecule has 70 valence electrons. The molecule has 3 nitrogen and oxygen atoms in total. The Morgan fingerprint density at radius 1 is 1.36 bits per heavy atom. The van der Waals surface area contributed by atoms with Crippen molar-refractivity contribution in [2.45, 2.75) is 0 Å². The number of carbonyl (C=O) groups excluding carboxylic acids is 1. The Hall–Kier alpha value is -1.42. The summed E-state index contributed by atoms with van der Waals surface area (Å²) in [6.07, 6.45) is 1.48. The first-order chi connectivity index (χ1) is 6.66. The second-order valence-electron chi connectivity index (χ2n) is 2.93. The highest BCUT2D eigenvalue weighted by Gasteiger charge is 2.02. The van der Waals surface area contributed by atoms with Gasteiger partial charge in [-0.15, -0.1) is 0 Å². The molecule has 2 aromatic rings. The molecule has 1 heterocycles. The number of halogens is 1. The summed E-state index contributed by atoms with van der Waals surface area (Å²) in [6.45, 7) is 0. The highest BCUT2D eigenvalue weighted by atomic mass is 79.9. The molecule has 14 heavy (non-hydrogen) atoms. The first-order valence-electron chi connectivity index (χ1n) is 4.02. The Kier molecular flexibility index (Phi) is 2.21. The number of hydrogen-bond acceptors (Lipinski definition) is 2. The molecule has 0 saturated carbocycles. The smallest absolute Gasteiger partial charge is 0.250 e. The number of fused-ring (bicyclic) bond motifs is 1. The van der Waals surface area contributed by atoms with E-state index in [4.69, 9.17) is 5.73 Å². The van der Waals surface area contributed by atoms with Gasteiger partial charge in [0, 0.05) is 16.1 Å². The van der Waals surface area contributed by atoms with Crippen molar-refractivity contribution in [1.82, 2.24) is 4.98 Å². The third-order valence-corrected chi connectivity index (χ3v) is 2.42. The van der Waals surface area contributed by atoms with E-state index in [1.807, 2.05) is 18.2 Å². The summed E-state index contributed by atoms with van der Waals surface area (Å²) in [5, 5.41) is 0.907. The van der Waals surface area contributed by atoms with Gasteiger partial charge in [-0.3, -0.25) is 9.78 Å². The molecule has 0 spiro atoms. The van der Waals surface area contributed by atoms with Gasteiger partial charge in [0.25, 0.3) is 0 Å². The lowest BCUT2D eigenvalue weighted by Gasteiger charge is -1.99. The van der Waals surface area contributed by atoms with Gasteiger partial charge in [-0.2, -0.15) is 0 Å². The van der Waals surface area contributed by atoms with Crippen LogP contribution in [0.3, 0.4) is 0 Å². The molecule has 1 aromatic carbocycles. The van der Waals surface area contributed by atoms with E-state index >= 15 is 0 Å². The molecular weight excluding hydrogens is 244 g/mol. The summed E-state index contributed by atoms with van der Waals surface area (Å²) in [5.74, 6) is -0.456. The van der Waals surface area contributed by atoms with Gasteiger partial charge in [-0.1, -0.05) is 22.0 Å². The fourth-order valence-electron chi connectivity index (χ4n) is 1.23. The molecule has 0 saturated heterocycles. The number of carbonyl (C=O) groups is 1. The van der Waals surface area contributed by atoms with Gasteiger partial charge in [0.2, 0.25) is 5.91 Å². The van der Waals surface area contributed by atoms with E-state index in [1.165, 1.54) is 6.20 Å². The van der Waals surface area contributed by atoms with Crippen LogP contribution < -0.4 is 5.73 Å². The molecule has 2 N–H and O–H groups in total. The van der Waals surface area contributed by atoms with Crippen molar-refractivity contribution in [3.8, 4) is 0 Å². The zero-order chi connectivity index (χ0) is 10.1. The third-order valence-electron chi connectivity index (χ3n) is 1.93. The molecule has 0 aliphatic rings. The fraction of sp³-hybridized carbons (Fsp3) is 0. The second-order valence-corrected chi connectivity index (χ2v) is 3.84. The highest BCUT2D eigenvalue weighted by molar-refractivity contribution is 9.10. The van der Waals surface area contributed by atoms with Crippen molar-refractivity contribution in [2.24, 2.45) is 5.73 Å². The number of amides is 1. The van der Waals surface area contributed by atoms with Crippen molar-refractivity contribution in [1.29, 1.82) is 0 Å². The van der Waals surface area contributed by atoms with Crippen LogP contribution in [0.1, 0.15) is 10.4 Å². The van der Waals surface area contributed by atoms with E-state index in [0.29, 0.717) is 5.56 Å². The molecule has 0 bridgehead atoms. The lowest BCUT2D eigenvalue weighted by molar-refractivity contribution is 0.1000. The summed E-state index contributed by atoms with van der Waals surface area (Å²) < 4.78 is 0.962. The van der Waals surface area contributed by atoms with Crippen LogP contribution in [0, 0.1) is 0 Å². The van der Waals surface area contributed by atoms with Crippen LogP contribution in [-0.2, 0) is 0 Å². The maximum absolute atomic E-state index is 10.9. The number of nitrogens with zero attached hydrogens (tertiary/aromatic N) is 1. The van der Waals surface area contributed by atoms with Crippen molar-refractivity contribution in [3.05, 3.63) is 40.5 Å². The maximum atomic E-state index is 10.9. The van der Waals surface area contributed by atoms with E-state index in [-0.39, 0.29) is 0 Å². The largest absolute Gasteiger partial charge is 0.366 e. The van der Waals surface area contributed by atoms with E-state index in [9.17, 15) is 4.79 Å². The first-order valence-corrected chi connectivity index (χ1v) is 4.81. The molecule has 0 aliphatic heterocycles. The molecule has 0 aliphatic carbocycles. The van der Waals surface area contributed by atoms with Gasteiger partial charge in [0.1, 0.15) is 0 Å². The predicted molar refractivity (Wildman–Crippen MR) is 58.0 cm³/mol. The van der Waals surface area contributed by atoms with Crippen molar-refractivity contribution >= 4 is 32.7 Å². The number of nitrogens with two attached hydrogens (primary N) is 1. The van der Waals surface area contributed by atoms with Crippen LogP contribution in [0.25, 0.3) is 10.9 Å². The SMILES string of the molecule is NC(=O)c1cnc2cc(Br)ccc2c1. The molecule has 1 amide bonds. The Balaban J connectivity index is 2.67.